The van der Waals surface area contributed by atoms with Gasteiger partial charge in [-0.15, -0.1) is 0 Å². The third kappa shape index (κ3) is 7.94. The van der Waals surface area contributed by atoms with Crippen LogP contribution in [0.15, 0.2) is 0 Å². The SMILES string of the molecule is CC[C@H](C)[C@H](NC(=O)[C@H](C)NC(=O)[C@@H](N)CCCCN)C(=O)O. The van der Waals surface area contributed by atoms with Crippen molar-refractivity contribution in [1.82, 2.24) is 10.6 Å². The van der Waals surface area contributed by atoms with E-state index in [9.17, 15) is 14.4 Å². The summed E-state index contributed by atoms with van der Waals surface area (Å²) in [5.74, 6) is -2.28. The highest BCUT2D eigenvalue weighted by Crippen LogP contribution is 2.08. The largest absolute Gasteiger partial charge is 0.480 e. The van der Waals surface area contributed by atoms with Gasteiger partial charge in [0.1, 0.15) is 12.1 Å². The van der Waals surface area contributed by atoms with Crippen molar-refractivity contribution in [2.75, 3.05) is 6.54 Å². The van der Waals surface area contributed by atoms with Gasteiger partial charge in [0.15, 0.2) is 0 Å². The molecule has 0 heterocycles. The van der Waals surface area contributed by atoms with E-state index in [-0.39, 0.29) is 5.92 Å². The molecule has 0 bridgehead atoms. The molecule has 8 nitrogen and oxygen atoms in total. The monoisotopic (exact) mass is 330 g/mol. The molecule has 23 heavy (non-hydrogen) atoms. The van der Waals surface area contributed by atoms with Crippen molar-refractivity contribution in [3.05, 3.63) is 0 Å². The second-order valence-corrected chi connectivity index (χ2v) is 5.83. The molecule has 7 N–H and O–H groups in total. The molecule has 0 fully saturated rings. The Balaban J connectivity index is 4.47. The minimum Gasteiger partial charge on any atom is -0.480 e. The molecule has 2 amide bonds. The van der Waals surface area contributed by atoms with Crippen LogP contribution >= 0.6 is 0 Å². The zero-order valence-corrected chi connectivity index (χ0v) is 14.2. The fraction of sp³-hybridized carbons (Fsp3) is 0.800. The van der Waals surface area contributed by atoms with Gasteiger partial charge in [-0.2, -0.15) is 0 Å². The Kier molecular flexibility index (Phi) is 10.2. The number of rotatable bonds is 11. The Morgan fingerprint density at radius 1 is 1.09 bits per heavy atom. The van der Waals surface area contributed by atoms with Crippen molar-refractivity contribution in [2.45, 2.75) is 64.6 Å². The third-order valence-electron chi connectivity index (χ3n) is 3.83. The van der Waals surface area contributed by atoms with Crippen LogP contribution in [0.5, 0.6) is 0 Å². The zero-order chi connectivity index (χ0) is 18.0. The molecule has 0 rings (SSSR count). The van der Waals surface area contributed by atoms with E-state index in [0.29, 0.717) is 19.4 Å². The molecule has 8 heteroatoms. The molecule has 0 saturated carbocycles. The predicted octanol–water partition coefficient (Wildman–Crippen LogP) is -0.437. The maximum absolute atomic E-state index is 12.1. The van der Waals surface area contributed by atoms with Crippen LogP contribution in [0.2, 0.25) is 0 Å². The van der Waals surface area contributed by atoms with Gasteiger partial charge < -0.3 is 27.2 Å². The number of hydrogen-bond donors (Lipinski definition) is 5. The molecule has 0 saturated heterocycles. The molecule has 0 aromatic heterocycles. The second kappa shape index (κ2) is 11.0. The van der Waals surface area contributed by atoms with Crippen LogP contribution < -0.4 is 22.1 Å². The maximum Gasteiger partial charge on any atom is 0.326 e. The van der Waals surface area contributed by atoms with E-state index in [4.69, 9.17) is 16.6 Å². The highest BCUT2D eigenvalue weighted by molar-refractivity contribution is 5.91. The summed E-state index contributed by atoms with van der Waals surface area (Å²) in [6, 6.07) is -2.54. The molecule has 0 aliphatic rings. The average molecular weight is 330 g/mol. The topological polar surface area (TPSA) is 148 Å². The van der Waals surface area contributed by atoms with Crippen LogP contribution in [0.25, 0.3) is 0 Å². The van der Waals surface area contributed by atoms with E-state index >= 15 is 0 Å². The molecule has 0 aliphatic carbocycles. The lowest BCUT2D eigenvalue weighted by molar-refractivity contribution is -0.143. The van der Waals surface area contributed by atoms with E-state index in [1.807, 2.05) is 6.92 Å². The Bertz CT molecular complexity index is 403. The number of carboxylic acids is 1. The number of carbonyl (C=O) groups is 3. The number of unbranched alkanes of at least 4 members (excludes halogenated alkanes) is 1. The van der Waals surface area contributed by atoms with Crippen LogP contribution in [-0.4, -0.2) is 47.6 Å². The predicted molar refractivity (Wildman–Crippen MR) is 87.5 cm³/mol. The first kappa shape index (κ1) is 21.3. The number of carboxylic acid groups (broad SMARTS) is 1. The molecule has 134 valence electrons. The highest BCUT2D eigenvalue weighted by atomic mass is 16.4. The summed E-state index contributed by atoms with van der Waals surface area (Å²) in [5, 5.41) is 14.1. The van der Waals surface area contributed by atoms with Crippen molar-refractivity contribution in [3.8, 4) is 0 Å². The van der Waals surface area contributed by atoms with Crippen LogP contribution in [0.4, 0.5) is 0 Å². The van der Waals surface area contributed by atoms with Gasteiger partial charge in [0.25, 0.3) is 0 Å². The second-order valence-electron chi connectivity index (χ2n) is 5.83. The molecule has 4 atom stereocenters. The third-order valence-corrected chi connectivity index (χ3v) is 3.83. The minimum absolute atomic E-state index is 0.210. The number of nitrogens with one attached hydrogen (secondary N) is 2. The lowest BCUT2D eigenvalue weighted by atomic mass is 9.99. The summed E-state index contributed by atoms with van der Waals surface area (Å²) in [6.45, 7) is 5.63. The van der Waals surface area contributed by atoms with E-state index < -0.39 is 35.9 Å². The number of amides is 2. The number of carbonyl (C=O) groups excluding carboxylic acids is 2. The Morgan fingerprint density at radius 2 is 1.70 bits per heavy atom. The first-order valence-corrected chi connectivity index (χ1v) is 8.03. The van der Waals surface area contributed by atoms with Gasteiger partial charge in [-0.25, -0.2) is 4.79 Å². The fourth-order valence-electron chi connectivity index (χ4n) is 1.99. The highest BCUT2D eigenvalue weighted by Gasteiger charge is 2.28. The normalized spacial score (nSPS) is 16.0. The summed E-state index contributed by atoms with van der Waals surface area (Å²) < 4.78 is 0. The van der Waals surface area contributed by atoms with E-state index in [1.165, 1.54) is 6.92 Å². The van der Waals surface area contributed by atoms with Gasteiger partial charge in [-0.1, -0.05) is 26.7 Å². The maximum atomic E-state index is 12.1. The summed E-state index contributed by atoms with van der Waals surface area (Å²) in [4.78, 5) is 35.2. The van der Waals surface area contributed by atoms with Gasteiger partial charge in [0.2, 0.25) is 11.8 Å². The van der Waals surface area contributed by atoms with Gasteiger partial charge >= 0.3 is 5.97 Å². The van der Waals surface area contributed by atoms with Crippen molar-refractivity contribution >= 4 is 17.8 Å². The summed E-state index contributed by atoms with van der Waals surface area (Å²) >= 11 is 0. The van der Waals surface area contributed by atoms with Gasteiger partial charge in [-0.05, 0) is 32.2 Å². The van der Waals surface area contributed by atoms with Crippen LogP contribution in [0.1, 0.15) is 46.5 Å². The number of hydrogen-bond acceptors (Lipinski definition) is 5. The summed E-state index contributed by atoms with van der Waals surface area (Å²) in [7, 11) is 0. The van der Waals surface area contributed by atoms with Crippen LogP contribution in [0, 0.1) is 5.92 Å². The smallest absolute Gasteiger partial charge is 0.326 e. The Hall–Kier alpha value is -1.67. The van der Waals surface area contributed by atoms with E-state index in [0.717, 1.165) is 12.8 Å². The molecule has 0 aromatic rings. The molecular formula is C15H30N4O4. The van der Waals surface area contributed by atoms with Crippen LogP contribution in [0.3, 0.4) is 0 Å². The molecule has 0 aromatic carbocycles. The molecule has 0 radical (unpaired) electrons. The lowest BCUT2D eigenvalue weighted by Gasteiger charge is -2.23. The van der Waals surface area contributed by atoms with Crippen molar-refractivity contribution in [3.63, 3.8) is 0 Å². The first-order chi connectivity index (χ1) is 10.7. The first-order valence-electron chi connectivity index (χ1n) is 8.03. The quantitative estimate of drug-likeness (QED) is 0.324. The molecular weight excluding hydrogens is 300 g/mol. The molecule has 0 aliphatic heterocycles. The standard InChI is InChI=1S/C15H30N4O4/c1-4-9(2)12(15(22)23)19-13(20)10(3)18-14(21)11(17)7-5-6-8-16/h9-12H,4-8,16-17H2,1-3H3,(H,18,21)(H,19,20)(H,22,23)/t9-,10-,11-,12-/m0/s1. The lowest BCUT2D eigenvalue weighted by Crippen LogP contribution is -2.54. The van der Waals surface area contributed by atoms with Crippen molar-refractivity contribution in [1.29, 1.82) is 0 Å². The van der Waals surface area contributed by atoms with Gasteiger partial charge in [0, 0.05) is 0 Å². The zero-order valence-electron chi connectivity index (χ0n) is 14.2. The average Bonchev–Trinajstić information content (AvgIpc) is 2.51. The Labute approximate surface area is 137 Å². The fourth-order valence-corrected chi connectivity index (χ4v) is 1.99. The molecule has 0 spiro atoms. The number of nitrogens with two attached hydrogens (primary N) is 2. The van der Waals surface area contributed by atoms with Crippen molar-refractivity contribution < 1.29 is 19.5 Å². The molecule has 0 unspecified atom stereocenters. The summed E-state index contributed by atoms with van der Waals surface area (Å²) in [5.41, 5.74) is 11.1. The van der Waals surface area contributed by atoms with Gasteiger partial charge in [-0.3, -0.25) is 9.59 Å². The summed E-state index contributed by atoms with van der Waals surface area (Å²) in [6.07, 6.45) is 2.62. The van der Waals surface area contributed by atoms with Gasteiger partial charge in [0.05, 0.1) is 6.04 Å². The minimum atomic E-state index is -1.09. The Morgan fingerprint density at radius 3 is 2.17 bits per heavy atom. The number of aliphatic carboxylic acids is 1. The van der Waals surface area contributed by atoms with Crippen LogP contribution in [-0.2, 0) is 14.4 Å². The van der Waals surface area contributed by atoms with Crippen molar-refractivity contribution in [2.24, 2.45) is 17.4 Å². The van der Waals surface area contributed by atoms with E-state index in [1.54, 1.807) is 6.92 Å². The van der Waals surface area contributed by atoms with E-state index in [2.05, 4.69) is 10.6 Å².